The molecule has 5 rings (SSSR count). The van der Waals surface area contributed by atoms with Gasteiger partial charge in [0.2, 0.25) is 0 Å². The van der Waals surface area contributed by atoms with E-state index in [4.69, 9.17) is 17.4 Å². The van der Waals surface area contributed by atoms with Gasteiger partial charge in [0.15, 0.2) is 0 Å². The zero-order valence-electron chi connectivity index (χ0n) is 19.2. The van der Waals surface area contributed by atoms with E-state index in [0.29, 0.717) is 36.8 Å². The van der Waals surface area contributed by atoms with Gasteiger partial charge in [-0.3, -0.25) is 14.5 Å². The molecule has 1 saturated heterocycles. The van der Waals surface area contributed by atoms with Gasteiger partial charge in [0.1, 0.15) is 0 Å². The summed E-state index contributed by atoms with van der Waals surface area (Å²) >= 11 is 4.72. The number of imide groups is 1. The Morgan fingerprint density at radius 1 is 0.882 bits per heavy atom. The number of hydrogen-bond acceptors (Lipinski definition) is 5. The molecule has 1 atom stereocenters. The van der Waals surface area contributed by atoms with Crippen LogP contribution in [0.2, 0.25) is 0 Å². The lowest BCUT2D eigenvalue weighted by Crippen LogP contribution is -2.46. The van der Waals surface area contributed by atoms with Gasteiger partial charge < -0.3 is 9.64 Å². The highest BCUT2D eigenvalue weighted by Gasteiger charge is 2.34. The Bertz CT molecular complexity index is 1120. The van der Waals surface area contributed by atoms with Crippen molar-refractivity contribution in [3.05, 3.63) is 83.4 Å². The van der Waals surface area contributed by atoms with Crippen LogP contribution in [-0.4, -0.2) is 59.7 Å². The van der Waals surface area contributed by atoms with E-state index in [1.165, 1.54) is 10.5 Å². The Balaban J connectivity index is 1.12. The van der Waals surface area contributed by atoms with E-state index in [0.717, 1.165) is 43.2 Å². The Morgan fingerprint density at radius 3 is 2.18 bits per heavy atom. The summed E-state index contributed by atoms with van der Waals surface area (Å²) in [6, 6.07) is 21.5. The maximum atomic E-state index is 13.2. The predicted octanol–water partition coefficient (Wildman–Crippen LogP) is 4.66. The molecule has 0 aromatic heterocycles. The average molecular weight is 475 g/mol. The van der Waals surface area contributed by atoms with Gasteiger partial charge in [-0.15, -0.1) is 0 Å². The molecule has 2 amide bonds. The minimum atomic E-state index is -0.164. The van der Waals surface area contributed by atoms with E-state index in [9.17, 15) is 9.59 Å². The van der Waals surface area contributed by atoms with Crippen LogP contribution >= 0.6 is 12.6 Å². The Kier molecular flexibility index (Phi) is 6.99. The summed E-state index contributed by atoms with van der Waals surface area (Å²) < 4.78 is 5.84. The van der Waals surface area contributed by atoms with Crippen molar-refractivity contribution in [1.29, 1.82) is 0 Å². The third-order valence-electron chi connectivity index (χ3n) is 6.89. The molecule has 0 bridgehead atoms. The summed E-state index contributed by atoms with van der Waals surface area (Å²) in [6.45, 7) is 4.47. The number of carbonyl (C=O) groups excluding carboxylic acids is 2. The maximum Gasteiger partial charge on any atom is 0.261 e. The molecule has 2 aliphatic rings. The molecule has 0 N–H and O–H groups in total. The standard InChI is InChI=1S/C28H30N2O3S/c31-27-24-10-4-8-22-9-5-11-25(26(22)24)28(32)30(27)16-20-12-14-29(15-13-20)17-23(34)19-33-18-21-6-2-1-3-7-21/h1-11,20,23,34H,12-19H2/t23-/m0/s1. The Morgan fingerprint density at radius 2 is 1.53 bits per heavy atom. The van der Waals surface area contributed by atoms with Crippen molar-refractivity contribution < 1.29 is 14.3 Å². The number of carbonyl (C=O) groups is 2. The number of piperidine rings is 1. The largest absolute Gasteiger partial charge is 0.376 e. The monoisotopic (exact) mass is 474 g/mol. The van der Waals surface area contributed by atoms with E-state index in [1.54, 1.807) is 0 Å². The Labute approximate surface area is 206 Å². The molecule has 0 radical (unpaired) electrons. The lowest BCUT2D eigenvalue weighted by atomic mass is 9.91. The fourth-order valence-electron chi connectivity index (χ4n) is 5.09. The fourth-order valence-corrected chi connectivity index (χ4v) is 5.43. The van der Waals surface area contributed by atoms with Gasteiger partial charge in [-0.1, -0.05) is 54.6 Å². The second kappa shape index (κ2) is 10.3. The summed E-state index contributed by atoms with van der Waals surface area (Å²) in [5.74, 6) is -0.00764. The summed E-state index contributed by atoms with van der Waals surface area (Å²) in [5.41, 5.74) is 2.45. The minimum absolute atomic E-state index is 0.155. The van der Waals surface area contributed by atoms with Crippen molar-refractivity contribution in [1.82, 2.24) is 9.80 Å². The number of amides is 2. The second-order valence-corrected chi connectivity index (χ2v) is 10.1. The number of nitrogens with zero attached hydrogens (tertiary/aromatic N) is 2. The van der Waals surface area contributed by atoms with E-state index in [-0.39, 0.29) is 17.1 Å². The summed E-state index contributed by atoms with van der Waals surface area (Å²) in [4.78, 5) is 30.2. The van der Waals surface area contributed by atoms with Crippen molar-refractivity contribution in [3.8, 4) is 0 Å². The van der Waals surface area contributed by atoms with Gasteiger partial charge in [-0.05, 0) is 54.9 Å². The average Bonchev–Trinajstić information content (AvgIpc) is 2.86. The molecule has 1 fully saturated rings. The van der Waals surface area contributed by atoms with Gasteiger partial charge in [-0.25, -0.2) is 0 Å². The summed E-state index contributed by atoms with van der Waals surface area (Å²) in [5, 5.41) is 1.89. The highest BCUT2D eigenvalue weighted by molar-refractivity contribution is 7.81. The topological polar surface area (TPSA) is 49.9 Å². The van der Waals surface area contributed by atoms with Crippen LogP contribution in [0.1, 0.15) is 39.1 Å². The quantitative estimate of drug-likeness (QED) is 0.381. The zero-order valence-corrected chi connectivity index (χ0v) is 20.1. The van der Waals surface area contributed by atoms with Crippen molar-refractivity contribution in [2.75, 3.05) is 32.8 Å². The molecule has 176 valence electrons. The molecule has 6 heteroatoms. The molecule has 3 aromatic rings. The van der Waals surface area contributed by atoms with Crippen LogP contribution < -0.4 is 0 Å². The van der Waals surface area contributed by atoms with E-state index in [2.05, 4.69) is 17.0 Å². The first kappa shape index (κ1) is 23.1. The van der Waals surface area contributed by atoms with Gasteiger partial charge >= 0.3 is 0 Å². The van der Waals surface area contributed by atoms with Gasteiger partial charge in [0.25, 0.3) is 11.8 Å². The van der Waals surface area contributed by atoms with Crippen molar-refractivity contribution in [2.24, 2.45) is 5.92 Å². The van der Waals surface area contributed by atoms with E-state index < -0.39 is 0 Å². The minimum Gasteiger partial charge on any atom is -0.376 e. The number of benzene rings is 3. The highest BCUT2D eigenvalue weighted by Crippen LogP contribution is 2.31. The van der Waals surface area contributed by atoms with Crippen LogP contribution in [0.4, 0.5) is 0 Å². The smallest absolute Gasteiger partial charge is 0.261 e. The zero-order chi connectivity index (χ0) is 23.5. The van der Waals surface area contributed by atoms with E-state index in [1.807, 2.05) is 54.6 Å². The molecule has 2 heterocycles. The molecule has 34 heavy (non-hydrogen) atoms. The molecule has 5 nitrogen and oxygen atoms in total. The number of hydrogen-bond donors (Lipinski definition) is 1. The first-order valence-corrected chi connectivity index (χ1v) is 12.5. The molecule has 0 spiro atoms. The van der Waals surface area contributed by atoms with Gasteiger partial charge in [0, 0.05) is 34.9 Å². The maximum absolute atomic E-state index is 13.2. The third kappa shape index (κ3) is 4.90. The number of rotatable bonds is 8. The molecule has 0 saturated carbocycles. The highest BCUT2D eigenvalue weighted by atomic mass is 32.1. The van der Waals surface area contributed by atoms with Crippen molar-refractivity contribution >= 4 is 35.2 Å². The van der Waals surface area contributed by atoms with Crippen LogP contribution in [0.25, 0.3) is 10.8 Å². The van der Waals surface area contributed by atoms with E-state index >= 15 is 0 Å². The van der Waals surface area contributed by atoms with Crippen LogP contribution in [0.5, 0.6) is 0 Å². The van der Waals surface area contributed by atoms with Crippen LogP contribution in [0.3, 0.4) is 0 Å². The molecular weight excluding hydrogens is 444 g/mol. The molecular formula is C28H30N2O3S. The second-order valence-electron chi connectivity index (χ2n) is 9.33. The summed E-state index contributed by atoms with van der Waals surface area (Å²) in [6.07, 6.45) is 1.93. The van der Waals surface area contributed by atoms with Crippen LogP contribution in [-0.2, 0) is 11.3 Å². The Hall–Kier alpha value is -2.67. The first-order valence-electron chi connectivity index (χ1n) is 12.0. The number of thiol groups is 1. The predicted molar refractivity (Wildman–Crippen MR) is 137 cm³/mol. The van der Waals surface area contributed by atoms with Crippen molar-refractivity contribution in [3.63, 3.8) is 0 Å². The van der Waals surface area contributed by atoms with Gasteiger partial charge in [-0.2, -0.15) is 12.6 Å². The normalized spacial score (nSPS) is 18.0. The molecule has 0 unspecified atom stereocenters. The number of ether oxygens (including phenoxy) is 1. The van der Waals surface area contributed by atoms with Crippen LogP contribution in [0.15, 0.2) is 66.7 Å². The summed E-state index contributed by atoms with van der Waals surface area (Å²) in [7, 11) is 0. The van der Waals surface area contributed by atoms with Crippen molar-refractivity contribution in [2.45, 2.75) is 24.7 Å². The third-order valence-corrected chi connectivity index (χ3v) is 7.21. The molecule has 2 aliphatic heterocycles. The fraction of sp³-hybridized carbons (Fsp3) is 0.357. The lowest BCUT2D eigenvalue weighted by molar-refractivity contribution is 0.0550. The SMILES string of the molecule is O=C1c2cccc3cccc(c23)C(=O)N1CC1CCN(C[C@H](S)COCc2ccccc2)CC1. The molecule has 0 aliphatic carbocycles. The number of likely N-dealkylation sites (tertiary alicyclic amines) is 1. The molecule has 3 aromatic carbocycles. The van der Waals surface area contributed by atoms with Crippen LogP contribution in [0, 0.1) is 5.92 Å². The lowest BCUT2D eigenvalue weighted by Gasteiger charge is -2.36. The first-order chi connectivity index (χ1) is 16.6. The van der Waals surface area contributed by atoms with Gasteiger partial charge in [0.05, 0.1) is 13.2 Å².